The maximum Gasteiger partial charge on any atom is 0.217 e. The Hall–Kier alpha value is -1.43. The molecule has 0 bridgehead atoms. The van der Waals surface area contributed by atoms with Crippen molar-refractivity contribution in [2.45, 2.75) is 27.2 Å². The van der Waals surface area contributed by atoms with E-state index in [4.69, 9.17) is 0 Å². The molecule has 92 valence electrons. The molecule has 0 aliphatic rings. The number of hydrogen-bond donors (Lipinski definition) is 2. The molecule has 0 aromatic heterocycles. The lowest BCUT2D eigenvalue weighted by molar-refractivity contribution is -0.119. The number of carbonyl (C=O) groups excluding carboxylic acids is 3. The molecule has 0 saturated heterocycles. The Kier molecular flexibility index (Phi) is 7.11. The van der Waals surface area contributed by atoms with Gasteiger partial charge in [-0.15, -0.1) is 0 Å². The first-order chi connectivity index (χ1) is 7.41. The summed E-state index contributed by atoms with van der Waals surface area (Å²) in [6, 6.07) is 0. The third-order valence-electron chi connectivity index (χ3n) is 1.88. The molecule has 2 amide bonds. The predicted molar refractivity (Wildman–Crippen MR) is 59.4 cm³/mol. The van der Waals surface area contributed by atoms with E-state index in [1.807, 2.05) is 0 Å². The largest absolute Gasteiger partial charge is 0.344 e. The third kappa shape index (κ3) is 9.14. The molecule has 0 unspecified atom stereocenters. The number of nitrogens with one attached hydrogen (secondary N) is 2. The van der Waals surface area contributed by atoms with Crippen LogP contribution < -0.4 is 10.6 Å². The minimum Gasteiger partial charge on any atom is -0.344 e. The first-order valence-corrected chi connectivity index (χ1v) is 5.12. The highest BCUT2D eigenvalue weighted by Gasteiger charge is 2.06. The number of ketones is 1. The van der Waals surface area contributed by atoms with Crippen molar-refractivity contribution in [3.05, 3.63) is 0 Å². The van der Waals surface area contributed by atoms with Gasteiger partial charge in [0.05, 0.1) is 13.3 Å². The second-order valence-corrected chi connectivity index (χ2v) is 3.63. The van der Waals surface area contributed by atoms with E-state index in [2.05, 4.69) is 10.6 Å². The second kappa shape index (κ2) is 7.81. The Bertz CT molecular complexity index is 223. The number of nitrogens with zero attached hydrogens (tertiary/aromatic N) is 1. The summed E-state index contributed by atoms with van der Waals surface area (Å²) in [7, 11) is 0. The van der Waals surface area contributed by atoms with E-state index in [0.717, 1.165) is 0 Å². The van der Waals surface area contributed by atoms with Crippen molar-refractivity contribution in [1.82, 2.24) is 15.5 Å². The van der Waals surface area contributed by atoms with Crippen molar-refractivity contribution >= 4 is 17.6 Å². The van der Waals surface area contributed by atoms with Gasteiger partial charge in [0.1, 0.15) is 5.78 Å². The molecule has 0 atom stereocenters. The molecule has 0 heterocycles. The molecule has 2 N–H and O–H groups in total. The Balaban J connectivity index is 3.98. The molecule has 0 fully saturated rings. The van der Waals surface area contributed by atoms with Crippen LogP contribution in [0.1, 0.15) is 27.2 Å². The van der Waals surface area contributed by atoms with Gasteiger partial charge in [-0.2, -0.15) is 0 Å². The lowest BCUT2D eigenvalue weighted by atomic mass is 10.3. The first kappa shape index (κ1) is 14.6. The summed E-state index contributed by atoms with van der Waals surface area (Å²) in [6.45, 7) is 5.50. The average Bonchev–Trinajstić information content (AvgIpc) is 2.15. The number of amides is 2. The SMILES string of the molecule is CC(=O)CCN(CNC(C)=O)CNC(C)=O. The molecule has 0 aliphatic carbocycles. The minimum atomic E-state index is -0.143. The lowest BCUT2D eigenvalue weighted by Gasteiger charge is -2.21. The van der Waals surface area contributed by atoms with Crippen molar-refractivity contribution in [3.8, 4) is 0 Å². The molecule has 0 aromatic rings. The van der Waals surface area contributed by atoms with Crippen molar-refractivity contribution in [2.75, 3.05) is 19.9 Å². The van der Waals surface area contributed by atoms with E-state index < -0.39 is 0 Å². The molecule has 0 radical (unpaired) electrons. The summed E-state index contributed by atoms with van der Waals surface area (Å²) in [5, 5.41) is 5.23. The van der Waals surface area contributed by atoms with Gasteiger partial charge in [-0.25, -0.2) is 0 Å². The molecular formula is C10H19N3O3. The van der Waals surface area contributed by atoms with Gasteiger partial charge in [0.2, 0.25) is 11.8 Å². The topological polar surface area (TPSA) is 78.5 Å². The molecule has 0 saturated carbocycles. The van der Waals surface area contributed by atoms with Crippen molar-refractivity contribution in [1.29, 1.82) is 0 Å². The maximum atomic E-state index is 10.8. The Morgan fingerprint density at radius 1 is 0.938 bits per heavy atom. The van der Waals surface area contributed by atoms with E-state index >= 15 is 0 Å². The lowest BCUT2D eigenvalue weighted by Crippen LogP contribution is -2.43. The zero-order valence-electron chi connectivity index (χ0n) is 10.0. The Morgan fingerprint density at radius 2 is 1.38 bits per heavy atom. The van der Waals surface area contributed by atoms with Gasteiger partial charge < -0.3 is 10.6 Å². The van der Waals surface area contributed by atoms with Crippen LogP contribution in [0.4, 0.5) is 0 Å². The van der Waals surface area contributed by atoms with E-state index in [1.54, 1.807) is 4.90 Å². The van der Waals surface area contributed by atoms with Crippen LogP contribution in [0.2, 0.25) is 0 Å². The Morgan fingerprint density at radius 3 is 1.69 bits per heavy atom. The quantitative estimate of drug-likeness (QED) is 0.574. The number of hydrogen-bond acceptors (Lipinski definition) is 4. The average molecular weight is 229 g/mol. The molecule has 0 spiro atoms. The molecule has 0 aliphatic heterocycles. The summed E-state index contributed by atoms with van der Waals surface area (Å²) in [6.07, 6.45) is 0.402. The van der Waals surface area contributed by atoms with Crippen LogP contribution >= 0.6 is 0 Å². The van der Waals surface area contributed by atoms with Crippen molar-refractivity contribution in [2.24, 2.45) is 0 Å². The molecule has 6 heteroatoms. The predicted octanol–water partition coefficient (Wildman–Crippen LogP) is -0.545. The highest BCUT2D eigenvalue weighted by atomic mass is 16.2. The number of carbonyl (C=O) groups is 3. The van der Waals surface area contributed by atoms with Crippen LogP contribution in [0.3, 0.4) is 0 Å². The highest BCUT2D eigenvalue weighted by Crippen LogP contribution is 1.90. The zero-order valence-corrected chi connectivity index (χ0v) is 10.0. The fourth-order valence-corrected chi connectivity index (χ4v) is 0.976. The van der Waals surface area contributed by atoms with Crippen LogP contribution in [0.5, 0.6) is 0 Å². The first-order valence-electron chi connectivity index (χ1n) is 5.12. The fourth-order valence-electron chi connectivity index (χ4n) is 0.976. The monoisotopic (exact) mass is 229 g/mol. The minimum absolute atomic E-state index is 0.0793. The van der Waals surface area contributed by atoms with E-state index in [0.29, 0.717) is 26.3 Å². The summed E-state index contributed by atoms with van der Waals surface area (Å²) in [5.74, 6) is -0.207. The highest BCUT2D eigenvalue weighted by molar-refractivity contribution is 5.75. The third-order valence-corrected chi connectivity index (χ3v) is 1.88. The van der Waals surface area contributed by atoms with E-state index in [1.165, 1.54) is 20.8 Å². The van der Waals surface area contributed by atoms with Gasteiger partial charge in [-0.3, -0.25) is 19.3 Å². The van der Waals surface area contributed by atoms with Gasteiger partial charge in [-0.05, 0) is 6.92 Å². The van der Waals surface area contributed by atoms with Gasteiger partial charge >= 0.3 is 0 Å². The summed E-state index contributed by atoms with van der Waals surface area (Å²) in [4.78, 5) is 34.1. The summed E-state index contributed by atoms with van der Waals surface area (Å²) in [5.41, 5.74) is 0. The van der Waals surface area contributed by atoms with Crippen LogP contribution in [-0.4, -0.2) is 42.4 Å². The van der Waals surface area contributed by atoms with Crippen LogP contribution in [0.15, 0.2) is 0 Å². The zero-order chi connectivity index (χ0) is 12.6. The standard InChI is InChI=1S/C10H19N3O3/c1-8(14)4-5-13(6-11-9(2)15)7-12-10(3)16/h4-7H2,1-3H3,(H,11,15)(H,12,16). The maximum absolute atomic E-state index is 10.8. The number of Topliss-reactive ketones (excluding diaryl/α,β-unsaturated/α-hetero) is 1. The van der Waals surface area contributed by atoms with Gasteiger partial charge in [0.25, 0.3) is 0 Å². The molecule has 16 heavy (non-hydrogen) atoms. The van der Waals surface area contributed by atoms with Crippen molar-refractivity contribution in [3.63, 3.8) is 0 Å². The fraction of sp³-hybridized carbons (Fsp3) is 0.700. The summed E-state index contributed by atoms with van der Waals surface area (Å²) >= 11 is 0. The van der Waals surface area contributed by atoms with Crippen LogP contribution in [-0.2, 0) is 14.4 Å². The second-order valence-electron chi connectivity index (χ2n) is 3.63. The number of rotatable bonds is 7. The van der Waals surface area contributed by atoms with E-state index in [-0.39, 0.29) is 17.6 Å². The molecule has 0 aromatic carbocycles. The van der Waals surface area contributed by atoms with Gasteiger partial charge in [0.15, 0.2) is 0 Å². The smallest absolute Gasteiger partial charge is 0.217 e. The molecule has 0 rings (SSSR count). The molecular weight excluding hydrogens is 210 g/mol. The Labute approximate surface area is 95.4 Å². The van der Waals surface area contributed by atoms with Crippen molar-refractivity contribution < 1.29 is 14.4 Å². The van der Waals surface area contributed by atoms with Crippen LogP contribution in [0.25, 0.3) is 0 Å². The normalized spacial score (nSPS) is 10.0. The van der Waals surface area contributed by atoms with Gasteiger partial charge in [-0.1, -0.05) is 0 Å². The van der Waals surface area contributed by atoms with Crippen LogP contribution in [0, 0.1) is 0 Å². The van der Waals surface area contributed by atoms with Gasteiger partial charge in [0, 0.05) is 26.8 Å². The molecule has 6 nitrogen and oxygen atoms in total. The summed E-state index contributed by atoms with van der Waals surface area (Å²) < 4.78 is 0. The van der Waals surface area contributed by atoms with E-state index in [9.17, 15) is 14.4 Å².